The van der Waals surface area contributed by atoms with Gasteiger partial charge in [0, 0.05) is 79.0 Å². The molecule has 0 unspecified atom stereocenters. The molecule has 0 radical (unpaired) electrons. The Bertz CT molecular complexity index is 1510. The van der Waals surface area contributed by atoms with Crippen molar-refractivity contribution in [2.24, 2.45) is 29.1 Å². The number of rotatable bonds is 13. The average Bonchev–Trinajstić information content (AvgIpc) is 3.58. The van der Waals surface area contributed by atoms with Gasteiger partial charge in [0.15, 0.2) is 0 Å². The van der Waals surface area contributed by atoms with E-state index in [-0.39, 0.29) is 94.4 Å². The summed E-state index contributed by atoms with van der Waals surface area (Å²) in [6.45, 7) is 0. The molecule has 5 saturated carbocycles. The summed E-state index contributed by atoms with van der Waals surface area (Å²) in [4.78, 5) is 109. The molecule has 0 saturated heterocycles. The van der Waals surface area contributed by atoms with Gasteiger partial charge in [0.25, 0.3) is 0 Å². The van der Waals surface area contributed by atoms with E-state index in [1.165, 1.54) is 35.5 Å². The van der Waals surface area contributed by atoms with Gasteiger partial charge < -0.3 is 28.8 Å². The summed E-state index contributed by atoms with van der Waals surface area (Å²) in [5, 5.41) is 40.7. The van der Waals surface area contributed by atoms with Crippen molar-refractivity contribution >= 4 is 104 Å². The number of carbonyl (C=O) groups is 7. The van der Waals surface area contributed by atoms with Crippen LogP contribution >= 0.6 is 62.5 Å². The zero-order valence-corrected chi connectivity index (χ0v) is 43.1. The zero-order chi connectivity index (χ0) is 48.0. The molecule has 0 amide bonds. The molecule has 0 aliphatic heterocycles. The third kappa shape index (κ3) is 20.1. The quantitative estimate of drug-likeness (QED) is 0.0506. The van der Waals surface area contributed by atoms with Gasteiger partial charge in [-0.05, 0) is 29.6 Å². The van der Waals surface area contributed by atoms with E-state index in [1.807, 2.05) is 4.93 Å². The van der Waals surface area contributed by atoms with E-state index in [2.05, 4.69) is 86.2 Å². The SMILES string of the molecule is C.C.CI.COC(=O)C1CC([N+](=O)[O-])C1.COC(=O)CCC1([N+](=O)[O-])CC(C(=O)OC)C1.COC(=O)CCC1([N+](=O)[O-])CC(C(=O)OC)C1.O=C1CCC2(C1)CC(C(=O)O)C2.[I][V][I]. The fourth-order valence-corrected chi connectivity index (χ4v) is 7.77. The number of Topliss-reactive ketones (excluding diaryl/α,β-unsaturated/α-hetero) is 1. The third-order valence-electron chi connectivity index (χ3n) is 11.6. The van der Waals surface area contributed by atoms with Gasteiger partial charge in [-0.3, -0.25) is 63.9 Å². The van der Waals surface area contributed by atoms with Crippen LogP contribution < -0.4 is 0 Å². The van der Waals surface area contributed by atoms with Crippen molar-refractivity contribution in [1.29, 1.82) is 0 Å². The maximum absolute atomic E-state index is 11.2. The fourth-order valence-electron chi connectivity index (χ4n) is 7.77. The number of aliphatic carboxylic acids is 1. The molecule has 26 heteroatoms. The van der Waals surface area contributed by atoms with Crippen LogP contribution in [0.15, 0.2) is 0 Å². The minimum absolute atomic E-state index is 0. The van der Waals surface area contributed by atoms with Crippen LogP contribution in [0, 0.1) is 59.4 Å². The van der Waals surface area contributed by atoms with Crippen molar-refractivity contribution < 1.29 is 86.6 Å². The summed E-state index contributed by atoms with van der Waals surface area (Å²) in [5.41, 5.74) is -2.24. The number of hydrogen-bond donors (Lipinski definition) is 1. The van der Waals surface area contributed by atoms with Gasteiger partial charge in [-0.2, -0.15) is 0 Å². The molecule has 1 N–H and O–H groups in total. The van der Waals surface area contributed by atoms with Gasteiger partial charge in [0.1, 0.15) is 5.78 Å². The van der Waals surface area contributed by atoms with E-state index < -0.39 is 68.6 Å². The first-order valence-electron chi connectivity index (χ1n) is 18.9. The monoisotopic (exact) mass is 1300 g/mol. The van der Waals surface area contributed by atoms with E-state index in [1.54, 1.807) is 0 Å². The molecule has 369 valence electrons. The molecule has 64 heavy (non-hydrogen) atoms. The Morgan fingerprint density at radius 3 is 1.25 bits per heavy atom. The molecule has 0 bridgehead atoms. The van der Waals surface area contributed by atoms with Crippen molar-refractivity contribution in [3.63, 3.8) is 0 Å². The van der Waals surface area contributed by atoms with Crippen molar-refractivity contribution in [1.82, 2.24) is 0 Å². The number of nitro groups is 3. The topological polar surface area (TPSA) is 315 Å². The molecule has 5 fully saturated rings. The first-order chi connectivity index (χ1) is 29.1. The Morgan fingerprint density at radius 1 is 0.656 bits per heavy atom. The molecule has 5 aliphatic carbocycles. The summed E-state index contributed by atoms with van der Waals surface area (Å²) in [6, 6.07) is -0.529. The first-order valence-corrected chi connectivity index (χ1v) is 30.1. The number of esters is 5. The Hall–Kier alpha value is -2.54. The summed E-state index contributed by atoms with van der Waals surface area (Å²) in [7, 11) is 6.90. The predicted molar refractivity (Wildman–Crippen MR) is 250 cm³/mol. The second-order valence-electron chi connectivity index (χ2n) is 15.2. The van der Waals surface area contributed by atoms with Crippen LogP contribution in [-0.2, 0) is 66.7 Å². The van der Waals surface area contributed by atoms with Crippen LogP contribution in [0.25, 0.3) is 0 Å². The molecular weight excluding hydrogens is 1230 g/mol. The Balaban J connectivity index is -0.000000750. The van der Waals surface area contributed by atoms with Crippen LogP contribution in [0.4, 0.5) is 0 Å². The van der Waals surface area contributed by atoms with E-state index in [0.717, 1.165) is 19.3 Å². The third-order valence-corrected chi connectivity index (χ3v) is 11.6. The Morgan fingerprint density at radius 2 is 1.00 bits per heavy atom. The summed E-state index contributed by atoms with van der Waals surface area (Å²) in [6.07, 6.45) is 5.05. The molecule has 0 aromatic heterocycles. The molecule has 5 rings (SSSR count). The molecular formula is C38H62I3N3O19V. The van der Waals surface area contributed by atoms with E-state index in [4.69, 9.17) is 5.11 Å². The van der Waals surface area contributed by atoms with Gasteiger partial charge in [0.2, 0.25) is 17.1 Å². The molecule has 0 aromatic rings. The van der Waals surface area contributed by atoms with Crippen LogP contribution in [-0.4, -0.2) is 119 Å². The molecule has 22 nitrogen and oxygen atoms in total. The number of carboxylic acid groups (broad SMARTS) is 1. The number of nitrogens with zero attached hydrogens (tertiary/aromatic N) is 3. The van der Waals surface area contributed by atoms with Gasteiger partial charge in [-0.25, -0.2) is 0 Å². The number of halogens is 3. The normalized spacial score (nSPS) is 27.0. The molecule has 0 heterocycles. The zero-order valence-electron chi connectivity index (χ0n) is 35.2. The maximum atomic E-state index is 11.2. The van der Waals surface area contributed by atoms with Crippen LogP contribution in [0.5, 0.6) is 0 Å². The van der Waals surface area contributed by atoms with E-state index in [0.29, 0.717) is 40.9 Å². The van der Waals surface area contributed by atoms with Crippen molar-refractivity contribution in [2.75, 3.05) is 40.5 Å². The number of methoxy groups -OCH3 is 5. The van der Waals surface area contributed by atoms with E-state index in [9.17, 15) is 63.9 Å². The summed E-state index contributed by atoms with van der Waals surface area (Å²) in [5.74, 6) is -3.79. The Labute approximate surface area is 415 Å². The summed E-state index contributed by atoms with van der Waals surface area (Å²) < 4.78 is 22.3. The molecule has 1 spiro atoms. The number of hydrogen-bond acceptors (Lipinski definition) is 18. The second-order valence-corrected chi connectivity index (χ2v) is 27.0. The van der Waals surface area contributed by atoms with Crippen molar-refractivity contribution in [3.05, 3.63) is 30.3 Å². The van der Waals surface area contributed by atoms with Gasteiger partial charge >= 0.3 is 85.2 Å². The molecule has 0 atom stereocenters. The standard InChI is InChI=1S/2C10H15NO6.C9H12O3.C6H9NO4.CH3I.2CH4.2HI.V/c2*1-16-8(12)3-4-10(11(14)15)5-7(6-10)9(13)17-2;10-7-1-2-9(5-7)3-6(4-9)8(11)12;1-11-6(8)4-2-5(3-4)7(9)10;1-2;;;;;/h2*7H,3-6H2,1-2H3;6H,1-5H2,(H,11,12);4-5H,2-3H2,1H3;1H3;2*1H4;2*1H;/q;;;;;;;;;+2/p-2. The molecule has 5 aliphatic rings. The number of alkyl halides is 1. The van der Waals surface area contributed by atoms with Gasteiger partial charge in [-0.15, -0.1) is 0 Å². The van der Waals surface area contributed by atoms with Crippen LogP contribution in [0.3, 0.4) is 0 Å². The van der Waals surface area contributed by atoms with Gasteiger partial charge in [0.05, 0.1) is 72.1 Å². The average molecular weight is 1300 g/mol. The fraction of sp³-hybridized carbons (Fsp3) is 0.816. The number of ketones is 1. The number of carbonyl (C=O) groups excluding carboxylic acids is 6. The van der Waals surface area contributed by atoms with Crippen LogP contribution in [0.2, 0.25) is 0 Å². The van der Waals surface area contributed by atoms with Gasteiger partial charge in [-0.1, -0.05) is 37.4 Å². The second kappa shape index (κ2) is 32.2. The summed E-state index contributed by atoms with van der Waals surface area (Å²) >= 11 is 6.89. The van der Waals surface area contributed by atoms with E-state index >= 15 is 0 Å². The minimum atomic E-state index is -1.17. The predicted octanol–water partition coefficient (Wildman–Crippen LogP) is 6.60. The first kappa shape index (κ1) is 65.7. The van der Waals surface area contributed by atoms with Crippen molar-refractivity contribution in [3.8, 4) is 0 Å². The number of carboxylic acids is 1. The van der Waals surface area contributed by atoms with Crippen molar-refractivity contribution in [2.45, 2.75) is 128 Å². The Kier molecular flexibility index (Phi) is 33.1. The number of ether oxygens (including phenoxy) is 5. The van der Waals surface area contributed by atoms with Crippen LogP contribution in [0.1, 0.15) is 111 Å². The molecule has 0 aromatic carbocycles.